The SMILES string of the molecule is O=c1c(OC2OC(C(O)CO)C(O)C2O)c(-c2ccc(O)c(O)c2)oc2cc(OC3OC(CO)C(O)C(O)C3O)cc(O)c12. The Morgan fingerprint density at radius 1 is 0.773 bits per heavy atom. The molecule has 2 saturated heterocycles. The number of aliphatic hydroxyl groups excluding tert-OH is 8. The van der Waals surface area contributed by atoms with Crippen LogP contribution >= 0.6 is 0 Å². The molecule has 0 saturated carbocycles. The molecule has 0 spiro atoms. The zero-order valence-electron chi connectivity index (χ0n) is 22.4. The van der Waals surface area contributed by atoms with Crippen molar-refractivity contribution in [1.82, 2.24) is 0 Å². The molecule has 3 aromatic rings. The van der Waals surface area contributed by atoms with Gasteiger partial charge in [0.2, 0.25) is 23.8 Å². The molecule has 17 heteroatoms. The summed E-state index contributed by atoms with van der Waals surface area (Å²) >= 11 is 0. The number of benzene rings is 2. The van der Waals surface area contributed by atoms with Gasteiger partial charge in [0.15, 0.2) is 17.3 Å². The molecule has 17 nitrogen and oxygen atoms in total. The summed E-state index contributed by atoms with van der Waals surface area (Å²) in [6.07, 6.45) is -16.7. The fraction of sp³-hybridized carbons (Fsp3) is 0.444. The van der Waals surface area contributed by atoms with E-state index >= 15 is 0 Å². The van der Waals surface area contributed by atoms with Crippen molar-refractivity contribution in [2.24, 2.45) is 0 Å². The molecule has 10 atom stereocenters. The molecule has 11 N–H and O–H groups in total. The summed E-state index contributed by atoms with van der Waals surface area (Å²) in [6.45, 7) is -1.57. The van der Waals surface area contributed by atoms with Gasteiger partial charge in [0.05, 0.1) is 13.2 Å². The van der Waals surface area contributed by atoms with Gasteiger partial charge in [0.1, 0.15) is 71.3 Å². The number of ether oxygens (including phenoxy) is 4. The molecule has 10 unspecified atom stereocenters. The number of phenols is 3. The van der Waals surface area contributed by atoms with Gasteiger partial charge in [-0.1, -0.05) is 0 Å². The topological polar surface area (TPSA) is 290 Å². The third-order valence-corrected chi connectivity index (χ3v) is 7.30. The third kappa shape index (κ3) is 5.61. The fourth-order valence-electron chi connectivity index (χ4n) is 4.89. The van der Waals surface area contributed by atoms with Gasteiger partial charge in [-0.15, -0.1) is 0 Å². The van der Waals surface area contributed by atoms with Gasteiger partial charge in [-0.05, 0) is 18.2 Å². The second-order valence-electron chi connectivity index (χ2n) is 10.2. The molecule has 0 bridgehead atoms. The van der Waals surface area contributed by atoms with Gasteiger partial charge in [0, 0.05) is 17.7 Å². The Bertz CT molecular complexity index is 1560. The van der Waals surface area contributed by atoms with E-state index in [1.54, 1.807) is 0 Å². The van der Waals surface area contributed by atoms with Crippen molar-refractivity contribution in [3.63, 3.8) is 0 Å². The van der Waals surface area contributed by atoms with Crippen LogP contribution in [0.25, 0.3) is 22.3 Å². The van der Waals surface area contributed by atoms with Crippen molar-refractivity contribution < 1.29 is 79.5 Å². The largest absolute Gasteiger partial charge is 0.507 e. The van der Waals surface area contributed by atoms with Gasteiger partial charge >= 0.3 is 0 Å². The maximum atomic E-state index is 13.7. The van der Waals surface area contributed by atoms with E-state index in [1.165, 1.54) is 6.07 Å². The van der Waals surface area contributed by atoms with Gasteiger partial charge in [0.25, 0.3) is 0 Å². The van der Waals surface area contributed by atoms with Crippen LogP contribution in [-0.4, -0.2) is 131 Å². The first kappa shape index (κ1) is 31.7. The third-order valence-electron chi connectivity index (χ3n) is 7.30. The number of aliphatic hydroxyl groups is 8. The Kier molecular flexibility index (Phi) is 8.87. The van der Waals surface area contributed by atoms with Crippen molar-refractivity contribution in [1.29, 1.82) is 0 Å². The highest BCUT2D eigenvalue weighted by atomic mass is 16.7. The summed E-state index contributed by atoms with van der Waals surface area (Å²) in [6, 6.07) is 5.30. The Hall–Kier alpha value is -3.75. The first-order chi connectivity index (χ1) is 20.9. The van der Waals surface area contributed by atoms with Gasteiger partial charge in [-0.3, -0.25) is 4.79 Å². The van der Waals surface area contributed by atoms with Crippen LogP contribution in [0.5, 0.6) is 28.7 Å². The number of phenolic OH excluding ortho intramolecular Hbond substituents is 3. The van der Waals surface area contributed by atoms with E-state index in [9.17, 15) is 61.0 Å². The second kappa shape index (κ2) is 12.3. The molecular weight excluding hydrogens is 596 g/mol. The van der Waals surface area contributed by atoms with Crippen molar-refractivity contribution in [3.05, 3.63) is 40.6 Å². The monoisotopic (exact) mass is 626 g/mol. The Balaban J connectivity index is 1.58. The van der Waals surface area contributed by atoms with E-state index in [-0.39, 0.29) is 16.9 Å². The normalized spacial score (nSPS) is 31.2. The van der Waals surface area contributed by atoms with E-state index in [0.717, 1.165) is 24.3 Å². The van der Waals surface area contributed by atoms with Crippen LogP contribution in [0.2, 0.25) is 0 Å². The van der Waals surface area contributed by atoms with E-state index in [0.29, 0.717) is 0 Å². The molecule has 1 aromatic heterocycles. The highest BCUT2D eigenvalue weighted by Gasteiger charge is 2.48. The minimum Gasteiger partial charge on any atom is -0.507 e. The lowest BCUT2D eigenvalue weighted by atomic mass is 9.99. The molecule has 0 amide bonds. The van der Waals surface area contributed by atoms with Crippen LogP contribution in [0.15, 0.2) is 39.5 Å². The molecular formula is C27H30O17. The summed E-state index contributed by atoms with van der Waals surface area (Å²) in [5.74, 6) is -3.30. The molecule has 3 heterocycles. The lowest BCUT2D eigenvalue weighted by Crippen LogP contribution is -2.60. The van der Waals surface area contributed by atoms with Crippen LogP contribution in [0.1, 0.15) is 0 Å². The van der Waals surface area contributed by atoms with Crippen molar-refractivity contribution in [3.8, 4) is 40.1 Å². The number of hydrogen-bond donors (Lipinski definition) is 11. The Labute approximate surface area is 246 Å². The molecule has 0 radical (unpaired) electrons. The maximum absolute atomic E-state index is 13.7. The van der Waals surface area contributed by atoms with Crippen LogP contribution in [0, 0.1) is 0 Å². The minimum atomic E-state index is -1.83. The summed E-state index contributed by atoms with van der Waals surface area (Å²) in [5.41, 5.74) is -1.47. The van der Waals surface area contributed by atoms with E-state index < -0.39 is 114 Å². The molecule has 0 aliphatic carbocycles. The molecule has 240 valence electrons. The van der Waals surface area contributed by atoms with E-state index in [4.69, 9.17) is 23.4 Å². The quantitative estimate of drug-likeness (QED) is 0.111. The molecule has 44 heavy (non-hydrogen) atoms. The minimum absolute atomic E-state index is 0.0611. The van der Waals surface area contributed by atoms with Crippen LogP contribution in [0.4, 0.5) is 0 Å². The first-order valence-electron chi connectivity index (χ1n) is 13.2. The summed E-state index contributed by atoms with van der Waals surface area (Å²) in [5, 5.41) is 110. The number of hydrogen-bond acceptors (Lipinski definition) is 17. The van der Waals surface area contributed by atoms with Crippen molar-refractivity contribution >= 4 is 11.0 Å². The number of rotatable bonds is 8. The molecule has 2 aromatic carbocycles. The molecule has 2 aliphatic heterocycles. The van der Waals surface area contributed by atoms with E-state index in [2.05, 4.69) is 0 Å². The average Bonchev–Trinajstić information content (AvgIpc) is 3.28. The first-order valence-corrected chi connectivity index (χ1v) is 13.2. The molecule has 2 aliphatic rings. The highest BCUT2D eigenvalue weighted by molar-refractivity contribution is 5.88. The standard InChI is InChI=1S/C27H30O17/c28-6-13(33)24-20(37)22(39)27(43-24)44-25-18(35)16-12(32)4-9(40-26-21(38)19(36)17(34)15(7-29)42-26)5-14(16)41-23(25)8-1-2-10(30)11(31)3-8/h1-5,13,15,17,19-22,24,26-34,36-39H,6-7H2. The highest BCUT2D eigenvalue weighted by Crippen LogP contribution is 2.40. The number of fused-ring (bicyclic) bond motifs is 1. The van der Waals surface area contributed by atoms with Gasteiger partial charge in [-0.2, -0.15) is 0 Å². The lowest BCUT2D eigenvalue weighted by Gasteiger charge is -2.39. The maximum Gasteiger partial charge on any atom is 0.239 e. The van der Waals surface area contributed by atoms with Crippen LogP contribution < -0.4 is 14.9 Å². The van der Waals surface area contributed by atoms with E-state index in [1.807, 2.05) is 0 Å². The van der Waals surface area contributed by atoms with Crippen molar-refractivity contribution in [2.45, 2.75) is 61.4 Å². The Morgan fingerprint density at radius 3 is 2.11 bits per heavy atom. The molecule has 5 rings (SSSR count). The summed E-state index contributed by atoms with van der Waals surface area (Å²) < 4.78 is 27.6. The smallest absolute Gasteiger partial charge is 0.239 e. The second-order valence-corrected chi connectivity index (χ2v) is 10.2. The van der Waals surface area contributed by atoms with Gasteiger partial charge < -0.3 is 79.5 Å². The summed E-state index contributed by atoms with van der Waals surface area (Å²) in [7, 11) is 0. The zero-order chi connectivity index (χ0) is 32.0. The lowest BCUT2D eigenvalue weighted by molar-refractivity contribution is -0.277. The van der Waals surface area contributed by atoms with Crippen molar-refractivity contribution in [2.75, 3.05) is 13.2 Å². The van der Waals surface area contributed by atoms with Gasteiger partial charge in [-0.25, -0.2) is 0 Å². The Morgan fingerprint density at radius 2 is 1.45 bits per heavy atom. The number of aromatic hydroxyl groups is 3. The summed E-state index contributed by atoms with van der Waals surface area (Å²) in [4.78, 5) is 13.7. The predicted molar refractivity (Wildman–Crippen MR) is 142 cm³/mol. The van der Waals surface area contributed by atoms with Crippen LogP contribution in [-0.2, 0) is 9.47 Å². The predicted octanol–water partition coefficient (Wildman–Crippen LogP) is -3.07. The molecule has 2 fully saturated rings. The fourth-order valence-corrected chi connectivity index (χ4v) is 4.89. The zero-order valence-corrected chi connectivity index (χ0v) is 22.4. The average molecular weight is 627 g/mol. The van der Waals surface area contributed by atoms with Crippen LogP contribution in [0.3, 0.4) is 0 Å².